The van der Waals surface area contributed by atoms with Crippen LogP contribution in [0.4, 0.5) is 4.39 Å². The zero-order chi connectivity index (χ0) is 12.0. The van der Waals surface area contributed by atoms with E-state index in [-0.39, 0.29) is 16.9 Å². The molecule has 1 aromatic carbocycles. The second kappa shape index (κ2) is 3.55. The molecule has 1 fully saturated rings. The van der Waals surface area contributed by atoms with Crippen molar-refractivity contribution >= 4 is 10.9 Å². The minimum atomic E-state index is -0.572. The number of hydrogen-bond donors (Lipinski definition) is 1. The quantitative estimate of drug-likeness (QED) is 0.814. The third-order valence-electron chi connectivity index (χ3n) is 3.35. The van der Waals surface area contributed by atoms with Gasteiger partial charge in [0, 0.05) is 6.04 Å². The minimum absolute atomic E-state index is 0.00178. The standard InChI is InChI=1S/C12H11FN2O2/c13-9-6-2-5-8-10(9)14-12(17)15(11(8)16)7-3-1-4-7/h2,5-7H,1,3-4H2,(H,14,17). The van der Waals surface area contributed by atoms with Gasteiger partial charge in [0.1, 0.15) is 5.82 Å². The van der Waals surface area contributed by atoms with Crippen LogP contribution in [0.5, 0.6) is 0 Å². The molecule has 0 unspecified atom stereocenters. The minimum Gasteiger partial charge on any atom is -0.304 e. The molecule has 1 aliphatic rings. The highest BCUT2D eigenvalue weighted by molar-refractivity contribution is 5.77. The summed E-state index contributed by atoms with van der Waals surface area (Å²) in [5.74, 6) is -0.572. The van der Waals surface area contributed by atoms with Gasteiger partial charge >= 0.3 is 5.69 Å². The lowest BCUT2D eigenvalue weighted by Gasteiger charge is -2.26. The zero-order valence-electron chi connectivity index (χ0n) is 9.07. The Bertz CT molecular complexity index is 698. The zero-order valence-corrected chi connectivity index (χ0v) is 9.07. The van der Waals surface area contributed by atoms with Gasteiger partial charge in [-0.15, -0.1) is 0 Å². The van der Waals surface area contributed by atoms with Crippen molar-refractivity contribution in [2.24, 2.45) is 0 Å². The number of nitrogens with zero attached hydrogens (tertiary/aromatic N) is 1. The molecule has 0 amide bonds. The summed E-state index contributed by atoms with van der Waals surface area (Å²) >= 11 is 0. The normalized spacial score (nSPS) is 16.1. The van der Waals surface area contributed by atoms with Gasteiger partial charge in [-0.05, 0) is 31.4 Å². The summed E-state index contributed by atoms with van der Waals surface area (Å²) in [4.78, 5) is 26.3. The van der Waals surface area contributed by atoms with E-state index in [9.17, 15) is 14.0 Å². The molecule has 0 bridgehead atoms. The van der Waals surface area contributed by atoms with Gasteiger partial charge in [-0.1, -0.05) is 6.07 Å². The topological polar surface area (TPSA) is 54.9 Å². The maximum atomic E-state index is 13.5. The lowest BCUT2D eigenvalue weighted by atomic mass is 9.93. The van der Waals surface area contributed by atoms with Crippen LogP contribution in [0, 0.1) is 5.82 Å². The molecular formula is C12H11FN2O2. The Kier molecular flexibility index (Phi) is 2.14. The second-order valence-electron chi connectivity index (χ2n) is 4.35. The molecule has 4 nitrogen and oxygen atoms in total. The lowest BCUT2D eigenvalue weighted by molar-refractivity contribution is 0.298. The summed E-state index contributed by atoms with van der Waals surface area (Å²) in [5, 5.41) is 0.233. The molecule has 1 aromatic heterocycles. The lowest BCUT2D eigenvalue weighted by Crippen LogP contribution is -2.40. The van der Waals surface area contributed by atoms with Gasteiger partial charge in [0.2, 0.25) is 0 Å². The largest absolute Gasteiger partial charge is 0.329 e. The van der Waals surface area contributed by atoms with E-state index in [2.05, 4.69) is 4.98 Å². The third-order valence-corrected chi connectivity index (χ3v) is 3.35. The highest BCUT2D eigenvalue weighted by Crippen LogP contribution is 2.29. The molecule has 0 radical (unpaired) electrons. The Labute approximate surface area is 95.7 Å². The SMILES string of the molecule is O=c1[nH]c2c(F)cccc2c(=O)n1C1CCC1. The van der Waals surface area contributed by atoms with Gasteiger partial charge in [0.25, 0.3) is 5.56 Å². The smallest absolute Gasteiger partial charge is 0.304 e. The van der Waals surface area contributed by atoms with E-state index in [0.29, 0.717) is 0 Å². The van der Waals surface area contributed by atoms with Crippen molar-refractivity contribution in [3.8, 4) is 0 Å². The number of hydrogen-bond acceptors (Lipinski definition) is 2. The first-order chi connectivity index (χ1) is 8.18. The fraction of sp³-hybridized carbons (Fsp3) is 0.333. The fourth-order valence-corrected chi connectivity index (χ4v) is 2.20. The van der Waals surface area contributed by atoms with E-state index in [1.807, 2.05) is 0 Å². The Morgan fingerprint density at radius 2 is 2.06 bits per heavy atom. The van der Waals surface area contributed by atoms with Crippen molar-refractivity contribution in [2.45, 2.75) is 25.3 Å². The number of rotatable bonds is 1. The number of H-pyrrole nitrogens is 1. The number of benzene rings is 1. The molecule has 0 spiro atoms. The van der Waals surface area contributed by atoms with Crippen LogP contribution >= 0.6 is 0 Å². The summed E-state index contributed by atoms with van der Waals surface area (Å²) in [5.41, 5.74) is -0.914. The summed E-state index contributed by atoms with van der Waals surface area (Å²) < 4.78 is 14.7. The van der Waals surface area contributed by atoms with Crippen molar-refractivity contribution in [1.82, 2.24) is 9.55 Å². The number of aromatic nitrogens is 2. The molecule has 5 heteroatoms. The highest BCUT2D eigenvalue weighted by atomic mass is 19.1. The number of nitrogens with one attached hydrogen (secondary N) is 1. The Morgan fingerprint density at radius 1 is 1.29 bits per heavy atom. The van der Waals surface area contributed by atoms with Crippen molar-refractivity contribution < 1.29 is 4.39 Å². The second-order valence-corrected chi connectivity index (χ2v) is 4.35. The first-order valence-electron chi connectivity index (χ1n) is 5.61. The first kappa shape index (κ1) is 10.3. The monoisotopic (exact) mass is 234 g/mol. The summed E-state index contributed by atoms with van der Waals surface area (Å²) in [6.45, 7) is 0. The van der Waals surface area contributed by atoms with Crippen LogP contribution in [0.15, 0.2) is 27.8 Å². The van der Waals surface area contributed by atoms with Gasteiger partial charge in [-0.2, -0.15) is 0 Å². The molecule has 17 heavy (non-hydrogen) atoms. The molecule has 3 rings (SSSR count). The molecule has 1 N–H and O–H groups in total. The number of halogens is 1. The van der Waals surface area contributed by atoms with Gasteiger partial charge in [-0.3, -0.25) is 9.36 Å². The molecule has 1 saturated carbocycles. The number of para-hydroxylation sites is 1. The van der Waals surface area contributed by atoms with Gasteiger partial charge in [0.15, 0.2) is 0 Å². The molecule has 88 valence electrons. The summed E-state index contributed by atoms with van der Waals surface area (Å²) in [7, 11) is 0. The van der Waals surface area contributed by atoms with Crippen LogP contribution < -0.4 is 11.2 Å². The average molecular weight is 234 g/mol. The summed E-state index contributed by atoms with van der Waals surface area (Å²) in [6, 6.07) is 4.21. The molecular weight excluding hydrogens is 223 g/mol. The molecule has 1 heterocycles. The van der Waals surface area contributed by atoms with Crippen LogP contribution in [0.3, 0.4) is 0 Å². The third kappa shape index (κ3) is 1.42. The van der Waals surface area contributed by atoms with E-state index in [0.717, 1.165) is 19.3 Å². The molecule has 0 saturated heterocycles. The van der Waals surface area contributed by atoms with E-state index in [1.165, 1.54) is 22.8 Å². The number of aromatic amines is 1. The summed E-state index contributed by atoms with van der Waals surface area (Å²) in [6.07, 6.45) is 2.70. The van der Waals surface area contributed by atoms with Crippen LogP contribution in [0.1, 0.15) is 25.3 Å². The van der Waals surface area contributed by atoms with Crippen molar-refractivity contribution in [3.05, 3.63) is 44.9 Å². The predicted octanol–water partition coefficient (Wildman–Crippen LogP) is 1.55. The molecule has 0 aliphatic heterocycles. The van der Waals surface area contributed by atoms with Crippen LogP contribution in [-0.2, 0) is 0 Å². The highest BCUT2D eigenvalue weighted by Gasteiger charge is 2.23. The fourth-order valence-electron chi connectivity index (χ4n) is 2.20. The van der Waals surface area contributed by atoms with E-state index >= 15 is 0 Å². The van der Waals surface area contributed by atoms with Gasteiger partial charge in [0.05, 0.1) is 10.9 Å². The molecule has 1 aliphatic carbocycles. The van der Waals surface area contributed by atoms with Crippen molar-refractivity contribution in [3.63, 3.8) is 0 Å². The maximum Gasteiger partial charge on any atom is 0.329 e. The Balaban J connectivity index is 2.39. The van der Waals surface area contributed by atoms with E-state index in [1.54, 1.807) is 0 Å². The van der Waals surface area contributed by atoms with Crippen molar-refractivity contribution in [2.75, 3.05) is 0 Å². The maximum absolute atomic E-state index is 13.5. The predicted molar refractivity (Wildman–Crippen MR) is 61.7 cm³/mol. The first-order valence-corrected chi connectivity index (χ1v) is 5.61. The Hall–Kier alpha value is -1.91. The van der Waals surface area contributed by atoms with Gasteiger partial charge < -0.3 is 4.98 Å². The van der Waals surface area contributed by atoms with Crippen LogP contribution in [0.25, 0.3) is 10.9 Å². The Morgan fingerprint density at radius 3 is 2.71 bits per heavy atom. The van der Waals surface area contributed by atoms with E-state index in [4.69, 9.17) is 0 Å². The van der Waals surface area contributed by atoms with E-state index < -0.39 is 17.1 Å². The van der Waals surface area contributed by atoms with Crippen LogP contribution in [0.2, 0.25) is 0 Å². The van der Waals surface area contributed by atoms with Crippen LogP contribution in [-0.4, -0.2) is 9.55 Å². The molecule has 2 aromatic rings. The molecule has 0 atom stereocenters. The number of fused-ring (bicyclic) bond motifs is 1. The average Bonchev–Trinajstić information content (AvgIpc) is 2.23. The van der Waals surface area contributed by atoms with Gasteiger partial charge in [-0.25, -0.2) is 9.18 Å². The van der Waals surface area contributed by atoms with Crippen molar-refractivity contribution in [1.29, 1.82) is 0 Å².